The minimum absolute atomic E-state index is 0.261. The van der Waals surface area contributed by atoms with E-state index in [9.17, 15) is 13.2 Å². The largest absolute Gasteiger partial charge is 0.366 e. The number of halogens is 2. The lowest BCUT2D eigenvalue weighted by Crippen LogP contribution is -2.70. The van der Waals surface area contributed by atoms with Crippen LogP contribution in [-0.2, 0) is 21.5 Å². The number of carbonyl (C=O) groups excluding carboxylic acids is 1. The third kappa shape index (κ3) is 3.52. The van der Waals surface area contributed by atoms with Crippen molar-refractivity contribution in [1.29, 1.82) is 0 Å². The van der Waals surface area contributed by atoms with Gasteiger partial charge in [-0.1, -0.05) is 35.4 Å². The fraction of sp³-hybridized carbons (Fsp3) is 0.333. The minimum Gasteiger partial charge on any atom is -0.366 e. The summed E-state index contributed by atoms with van der Waals surface area (Å²) in [5.41, 5.74) is 0.692. The Kier molecular flexibility index (Phi) is 4.98. The Bertz CT molecular complexity index is 739. The molecule has 2 N–H and O–H groups in total. The second-order valence-corrected chi connectivity index (χ2v) is 7.44. The fourth-order valence-corrected chi connectivity index (χ4v) is 3.72. The van der Waals surface area contributed by atoms with Gasteiger partial charge in [0.2, 0.25) is 0 Å². The molecule has 2 unspecified atom stereocenters. The van der Waals surface area contributed by atoms with Gasteiger partial charge in [0.25, 0.3) is 5.91 Å². The maximum absolute atomic E-state index is 11.7. The Morgan fingerprint density at radius 2 is 2.09 bits per heavy atom. The van der Waals surface area contributed by atoms with Crippen LogP contribution in [0.4, 0.5) is 0 Å². The quantitative estimate of drug-likeness (QED) is 0.469. The lowest BCUT2D eigenvalue weighted by molar-refractivity contribution is -0.140. The number of rotatable bonds is 4. The van der Waals surface area contributed by atoms with E-state index < -0.39 is 28.3 Å². The standard InChI is InChI=1S/C12H12Cl2N2O4S2/c1-6-11(12(17)16(6)22(18,19)20)15-10(21)5-7-4-8(13)2-3-9(7)14/h2-4,6,11H,5H2,1H3,(H,15,21)(H,18,19,20). The van der Waals surface area contributed by atoms with E-state index in [1.54, 1.807) is 18.2 Å². The number of carbonyl (C=O) groups is 1. The Morgan fingerprint density at radius 3 is 2.64 bits per heavy atom. The molecule has 2 rings (SSSR count). The summed E-state index contributed by atoms with van der Waals surface area (Å²) in [6.07, 6.45) is 0.261. The van der Waals surface area contributed by atoms with Crippen molar-refractivity contribution in [2.75, 3.05) is 0 Å². The summed E-state index contributed by atoms with van der Waals surface area (Å²) in [6.45, 7) is 1.49. The molecule has 1 aromatic carbocycles. The summed E-state index contributed by atoms with van der Waals surface area (Å²) < 4.78 is 31.3. The molecule has 1 fully saturated rings. The van der Waals surface area contributed by atoms with Gasteiger partial charge >= 0.3 is 10.3 Å². The lowest BCUT2D eigenvalue weighted by atomic mass is 10.0. The first-order valence-electron chi connectivity index (χ1n) is 6.15. The summed E-state index contributed by atoms with van der Waals surface area (Å²) in [5.74, 6) is -0.755. The second-order valence-electron chi connectivity index (χ2n) is 4.81. The van der Waals surface area contributed by atoms with E-state index in [2.05, 4.69) is 5.32 Å². The van der Waals surface area contributed by atoms with E-state index in [-0.39, 0.29) is 6.42 Å². The monoisotopic (exact) mass is 382 g/mol. The third-order valence-electron chi connectivity index (χ3n) is 3.26. The van der Waals surface area contributed by atoms with Crippen LogP contribution in [0.25, 0.3) is 0 Å². The molecule has 2 atom stereocenters. The highest BCUT2D eigenvalue weighted by Gasteiger charge is 2.50. The molecule has 1 aromatic rings. The first kappa shape index (κ1) is 17.4. The molecule has 0 radical (unpaired) electrons. The van der Waals surface area contributed by atoms with Crippen LogP contribution in [0.5, 0.6) is 0 Å². The highest BCUT2D eigenvalue weighted by Crippen LogP contribution is 2.24. The predicted molar refractivity (Wildman–Crippen MR) is 87.5 cm³/mol. The summed E-state index contributed by atoms with van der Waals surface area (Å²) in [5, 5.41) is 3.77. The molecule has 0 aromatic heterocycles. The van der Waals surface area contributed by atoms with Crippen LogP contribution >= 0.6 is 35.4 Å². The van der Waals surface area contributed by atoms with Crippen LogP contribution < -0.4 is 5.32 Å². The maximum Gasteiger partial charge on any atom is 0.362 e. The molecule has 1 amide bonds. The zero-order valence-electron chi connectivity index (χ0n) is 11.3. The molecule has 10 heteroatoms. The van der Waals surface area contributed by atoms with Gasteiger partial charge in [-0.05, 0) is 30.7 Å². The van der Waals surface area contributed by atoms with E-state index in [1.165, 1.54) is 6.92 Å². The van der Waals surface area contributed by atoms with Gasteiger partial charge in [0.05, 0.1) is 11.0 Å². The lowest BCUT2D eigenvalue weighted by Gasteiger charge is -2.42. The van der Waals surface area contributed by atoms with E-state index in [0.717, 1.165) is 0 Å². The number of nitrogens with zero attached hydrogens (tertiary/aromatic N) is 1. The molecule has 1 aliphatic rings. The summed E-state index contributed by atoms with van der Waals surface area (Å²) >= 11 is 17.1. The first-order chi connectivity index (χ1) is 10.1. The Balaban J connectivity index is 2.02. The number of β-lactam (4-membered cyclic amide) rings is 1. The number of benzene rings is 1. The Labute approximate surface area is 143 Å². The number of nitrogens with one attached hydrogen (secondary N) is 1. The summed E-state index contributed by atoms with van der Waals surface area (Å²) in [7, 11) is -4.54. The van der Waals surface area contributed by atoms with Crippen LogP contribution in [0.2, 0.25) is 10.0 Å². The smallest absolute Gasteiger partial charge is 0.362 e. The zero-order valence-corrected chi connectivity index (χ0v) is 14.4. The Hall–Kier alpha value is -0.930. The average molecular weight is 383 g/mol. The van der Waals surface area contributed by atoms with Gasteiger partial charge in [0.15, 0.2) is 0 Å². The van der Waals surface area contributed by atoms with Crippen LogP contribution in [0, 0.1) is 0 Å². The molecule has 1 aliphatic heterocycles. The fourth-order valence-electron chi connectivity index (χ4n) is 2.18. The van der Waals surface area contributed by atoms with Crippen molar-refractivity contribution >= 4 is 56.6 Å². The minimum atomic E-state index is -4.54. The molecule has 0 bridgehead atoms. The van der Waals surface area contributed by atoms with E-state index in [4.69, 9.17) is 40.0 Å². The van der Waals surface area contributed by atoms with Crippen molar-refractivity contribution in [3.05, 3.63) is 33.8 Å². The highest BCUT2D eigenvalue weighted by atomic mass is 35.5. The van der Waals surface area contributed by atoms with Gasteiger partial charge in [0.1, 0.15) is 6.04 Å². The maximum atomic E-state index is 11.7. The number of thiocarbonyl (C=S) groups is 1. The number of hydrogen-bond acceptors (Lipinski definition) is 4. The molecule has 22 heavy (non-hydrogen) atoms. The molecule has 6 nitrogen and oxygen atoms in total. The topological polar surface area (TPSA) is 86.7 Å². The van der Waals surface area contributed by atoms with Gasteiger partial charge in [-0.25, -0.2) is 4.31 Å². The molecule has 1 saturated heterocycles. The third-order valence-corrected chi connectivity index (χ3v) is 5.14. The summed E-state index contributed by atoms with van der Waals surface area (Å²) in [6, 6.07) is 3.42. The first-order valence-corrected chi connectivity index (χ1v) is 8.71. The van der Waals surface area contributed by atoms with E-state index in [1.807, 2.05) is 0 Å². The summed E-state index contributed by atoms with van der Waals surface area (Å²) in [4.78, 5) is 12.1. The molecule has 1 heterocycles. The normalized spacial score (nSPS) is 21.5. The van der Waals surface area contributed by atoms with Crippen LogP contribution in [0.15, 0.2) is 18.2 Å². The van der Waals surface area contributed by atoms with Crippen LogP contribution in [0.3, 0.4) is 0 Å². The van der Waals surface area contributed by atoms with Crippen LogP contribution in [-0.4, -0.2) is 40.3 Å². The van der Waals surface area contributed by atoms with Crippen molar-refractivity contribution < 1.29 is 17.8 Å². The second kappa shape index (κ2) is 6.29. The predicted octanol–water partition coefficient (Wildman–Crippen LogP) is 1.86. The van der Waals surface area contributed by atoms with E-state index >= 15 is 0 Å². The molecule has 0 aliphatic carbocycles. The van der Waals surface area contributed by atoms with Crippen molar-refractivity contribution in [1.82, 2.24) is 9.62 Å². The van der Waals surface area contributed by atoms with Crippen LogP contribution in [0.1, 0.15) is 12.5 Å². The van der Waals surface area contributed by atoms with Gasteiger partial charge in [-0.2, -0.15) is 8.42 Å². The number of hydrogen-bond donors (Lipinski definition) is 2. The van der Waals surface area contributed by atoms with E-state index in [0.29, 0.717) is 24.9 Å². The molecule has 0 saturated carbocycles. The molecule has 0 spiro atoms. The van der Waals surface area contributed by atoms with Gasteiger partial charge in [-0.3, -0.25) is 9.35 Å². The van der Waals surface area contributed by atoms with Crippen molar-refractivity contribution in [2.24, 2.45) is 0 Å². The van der Waals surface area contributed by atoms with Gasteiger partial charge in [0, 0.05) is 16.5 Å². The number of amides is 1. The van der Waals surface area contributed by atoms with Crippen molar-refractivity contribution in [2.45, 2.75) is 25.4 Å². The van der Waals surface area contributed by atoms with Crippen molar-refractivity contribution in [3.63, 3.8) is 0 Å². The zero-order chi connectivity index (χ0) is 16.7. The SMILES string of the molecule is CC1C(NC(=S)Cc2cc(Cl)ccc2Cl)C(=O)N1S(=O)(=O)O. The molecule has 120 valence electrons. The highest BCUT2D eigenvalue weighted by molar-refractivity contribution is 7.84. The molecular weight excluding hydrogens is 371 g/mol. The molecular formula is C12H12Cl2N2O4S2. The van der Waals surface area contributed by atoms with Crippen molar-refractivity contribution in [3.8, 4) is 0 Å². The van der Waals surface area contributed by atoms with Gasteiger partial charge in [-0.15, -0.1) is 0 Å². The Morgan fingerprint density at radius 1 is 1.45 bits per heavy atom. The average Bonchev–Trinajstić information content (AvgIpc) is 2.39. The van der Waals surface area contributed by atoms with Gasteiger partial charge < -0.3 is 5.32 Å².